The van der Waals surface area contributed by atoms with Gasteiger partial charge >= 0.3 is 0 Å². The monoisotopic (exact) mass is 227 g/mol. The molecule has 4 nitrogen and oxygen atoms in total. The molecule has 1 N–H and O–H groups in total. The Balaban J connectivity index is 2.08. The molecule has 0 aromatic rings. The molecular formula is C12H25N3O. The van der Waals surface area contributed by atoms with E-state index in [0.717, 1.165) is 13.1 Å². The second kappa shape index (κ2) is 6.86. The van der Waals surface area contributed by atoms with Gasteiger partial charge in [-0.2, -0.15) is 0 Å². The van der Waals surface area contributed by atoms with Gasteiger partial charge < -0.3 is 15.1 Å². The first kappa shape index (κ1) is 13.5. The van der Waals surface area contributed by atoms with Crippen molar-refractivity contribution in [2.24, 2.45) is 0 Å². The molecule has 0 radical (unpaired) electrons. The van der Waals surface area contributed by atoms with Crippen molar-refractivity contribution >= 4 is 5.91 Å². The molecule has 1 heterocycles. The smallest absolute Gasteiger partial charge is 0.223 e. The van der Waals surface area contributed by atoms with E-state index in [1.54, 1.807) is 19.0 Å². The number of carbonyl (C=O) groups is 1. The summed E-state index contributed by atoms with van der Waals surface area (Å²) in [7, 11) is 5.80. The number of nitrogens with zero attached hydrogens (tertiary/aromatic N) is 2. The minimum atomic E-state index is 0.199. The number of likely N-dealkylation sites (tertiary alicyclic amines) is 1. The summed E-state index contributed by atoms with van der Waals surface area (Å²) in [6.07, 6.45) is 4.55. The highest BCUT2D eigenvalue weighted by atomic mass is 16.2. The van der Waals surface area contributed by atoms with Crippen LogP contribution in [-0.2, 0) is 4.79 Å². The lowest BCUT2D eigenvalue weighted by atomic mass is 10.0. The van der Waals surface area contributed by atoms with E-state index in [-0.39, 0.29) is 5.91 Å². The highest BCUT2D eigenvalue weighted by Gasteiger charge is 2.17. The maximum absolute atomic E-state index is 11.3. The van der Waals surface area contributed by atoms with E-state index in [2.05, 4.69) is 17.3 Å². The fourth-order valence-electron chi connectivity index (χ4n) is 2.09. The molecule has 1 aliphatic heterocycles. The summed E-state index contributed by atoms with van der Waals surface area (Å²) in [6.45, 7) is 3.02. The van der Waals surface area contributed by atoms with E-state index in [4.69, 9.17) is 0 Å². The Morgan fingerprint density at radius 2 is 2.19 bits per heavy atom. The number of amides is 1. The molecule has 0 aromatic heterocycles. The number of hydrogen-bond donors (Lipinski definition) is 1. The van der Waals surface area contributed by atoms with Crippen LogP contribution in [0.2, 0.25) is 0 Å². The van der Waals surface area contributed by atoms with Gasteiger partial charge in [0.1, 0.15) is 0 Å². The van der Waals surface area contributed by atoms with Gasteiger partial charge in [-0.15, -0.1) is 0 Å². The SMILES string of the molecule is CN(C)C(=O)CCNCC1CCCCN1C. The standard InChI is InChI=1S/C12H25N3O/c1-14(2)12(16)7-8-13-10-11-6-4-5-9-15(11)3/h11,13H,4-10H2,1-3H3. The first-order valence-corrected chi connectivity index (χ1v) is 6.22. The van der Waals surface area contributed by atoms with Gasteiger partial charge in [0.15, 0.2) is 0 Å². The maximum Gasteiger partial charge on any atom is 0.223 e. The van der Waals surface area contributed by atoms with Crippen LogP contribution in [-0.4, -0.2) is 62.5 Å². The lowest BCUT2D eigenvalue weighted by Crippen LogP contribution is -2.43. The van der Waals surface area contributed by atoms with Gasteiger partial charge in [-0.3, -0.25) is 4.79 Å². The lowest BCUT2D eigenvalue weighted by Gasteiger charge is -2.32. The van der Waals surface area contributed by atoms with E-state index in [1.165, 1.54) is 25.8 Å². The minimum Gasteiger partial charge on any atom is -0.349 e. The second-order valence-corrected chi connectivity index (χ2v) is 4.87. The second-order valence-electron chi connectivity index (χ2n) is 4.87. The molecule has 0 bridgehead atoms. The molecule has 1 saturated heterocycles. The molecule has 1 unspecified atom stereocenters. The lowest BCUT2D eigenvalue weighted by molar-refractivity contribution is -0.128. The van der Waals surface area contributed by atoms with Crippen LogP contribution >= 0.6 is 0 Å². The molecule has 0 aromatic carbocycles. The van der Waals surface area contributed by atoms with Crippen LogP contribution < -0.4 is 5.32 Å². The quantitative estimate of drug-likeness (QED) is 0.696. The summed E-state index contributed by atoms with van der Waals surface area (Å²) in [6, 6.07) is 0.656. The van der Waals surface area contributed by atoms with Crippen LogP contribution in [0.25, 0.3) is 0 Å². The highest BCUT2D eigenvalue weighted by molar-refractivity contribution is 5.75. The molecule has 0 spiro atoms. The van der Waals surface area contributed by atoms with Crippen molar-refractivity contribution in [2.45, 2.75) is 31.7 Å². The van der Waals surface area contributed by atoms with Crippen LogP contribution in [0, 0.1) is 0 Å². The Kier molecular flexibility index (Phi) is 5.77. The molecule has 1 atom stereocenters. The number of hydrogen-bond acceptors (Lipinski definition) is 3. The molecule has 94 valence electrons. The van der Waals surface area contributed by atoms with Crippen LogP contribution in [0.3, 0.4) is 0 Å². The molecule has 4 heteroatoms. The van der Waals surface area contributed by atoms with Gasteiger partial charge in [0.2, 0.25) is 5.91 Å². The Hall–Kier alpha value is -0.610. The number of nitrogens with one attached hydrogen (secondary N) is 1. The fraction of sp³-hybridized carbons (Fsp3) is 0.917. The van der Waals surface area contributed by atoms with Crippen molar-refractivity contribution in [1.29, 1.82) is 0 Å². The predicted octanol–water partition coefficient (Wildman–Crippen LogP) is 0.539. The van der Waals surface area contributed by atoms with E-state index in [1.807, 2.05) is 0 Å². The third-order valence-electron chi connectivity index (χ3n) is 3.32. The zero-order valence-corrected chi connectivity index (χ0v) is 10.8. The molecule has 0 saturated carbocycles. The number of carbonyl (C=O) groups excluding carboxylic acids is 1. The van der Waals surface area contributed by atoms with Crippen molar-refractivity contribution in [3.8, 4) is 0 Å². The average Bonchev–Trinajstić information content (AvgIpc) is 2.26. The molecule has 0 aliphatic carbocycles. The van der Waals surface area contributed by atoms with Gasteiger partial charge in [0, 0.05) is 39.6 Å². The Morgan fingerprint density at radius 1 is 1.44 bits per heavy atom. The molecule has 1 amide bonds. The fourth-order valence-corrected chi connectivity index (χ4v) is 2.09. The van der Waals surface area contributed by atoms with Gasteiger partial charge in [0.05, 0.1) is 0 Å². The predicted molar refractivity (Wildman–Crippen MR) is 66.4 cm³/mol. The minimum absolute atomic E-state index is 0.199. The number of rotatable bonds is 5. The third kappa shape index (κ3) is 4.49. The Bertz CT molecular complexity index is 218. The largest absolute Gasteiger partial charge is 0.349 e. The van der Waals surface area contributed by atoms with Gasteiger partial charge in [-0.1, -0.05) is 6.42 Å². The summed E-state index contributed by atoms with van der Waals surface area (Å²) >= 11 is 0. The van der Waals surface area contributed by atoms with E-state index in [0.29, 0.717) is 12.5 Å². The topological polar surface area (TPSA) is 35.6 Å². The number of piperidine rings is 1. The van der Waals surface area contributed by atoms with Crippen molar-refractivity contribution in [3.63, 3.8) is 0 Å². The van der Waals surface area contributed by atoms with Crippen LogP contribution in [0.4, 0.5) is 0 Å². The Morgan fingerprint density at radius 3 is 2.81 bits per heavy atom. The summed E-state index contributed by atoms with van der Waals surface area (Å²) in [4.78, 5) is 15.4. The normalized spacial score (nSPS) is 22.1. The maximum atomic E-state index is 11.3. The third-order valence-corrected chi connectivity index (χ3v) is 3.32. The summed E-state index contributed by atoms with van der Waals surface area (Å²) < 4.78 is 0. The summed E-state index contributed by atoms with van der Waals surface area (Å²) in [5.41, 5.74) is 0. The Labute approximate surface area is 99.0 Å². The molecule has 1 aliphatic rings. The molecule has 1 rings (SSSR count). The molecule has 16 heavy (non-hydrogen) atoms. The van der Waals surface area contributed by atoms with Gasteiger partial charge in [-0.25, -0.2) is 0 Å². The van der Waals surface area contributed by atoms with Crippen molar-refractivity contribution in [2.75, 3.05) is 40.8 Å². The average molecular weight is 227 g/mol. The van der Waals surface area contributed by atoms with Crippen LogP contribution in [0.1, 0.15) is 25.7 Å². The first-order chi connectivity index (χ1) is 7.61. The molecular weight excluding hydrogens is 202 g/mol. The van der Waals surface area contributed by atoms with Crippen LogP contribution in [0.15, 0.2) is 0 Å². The van der Waals surface area contributed by atoms with E-state index >= 15 is 0 Å². The highest BCUT2D eigenvalue weighted by Crippen LogP contribution is 2.13. The molecule has 1 fully saturated rings. The van der Waals surface area contributed by atoms with Crippen molar-refractivity contribution in [3.05, 3.63) is 0 Å². The number of likely N-dealkylation sites (N-methyl/N-ethyl adjacent to an activating group) is 1. The zero-order chi connectivity index (χ0) is 12.0. The van der Waals surface area contributed by atoms with Crippen molar-refractivity contribution < 1.29 is 4.79 Å². The van der Waals surface area contributed by atoms with Crippen LogP contribution in [0.5, 0.6) is 0 Å². The first-order valence-electron chi connectivity index (χ1n) is 6.22. The summed E-state index contributed by atoms with van der Waals surface area (Å²) in [5.74, 6) is 0.199. The van der Waals surface area contributed by atoms with E-state index < -0.39 is 0 Å². The summed E-state index contributed by atoms with van der Waals surface area (Å²) in [5, 5.41) is 3.38. The van der Waals surface area contributed by atoms with Gasteiger partial charge in [0.25, 0.3) is 0 Å². The van der Waals surface area contributed by atoms with Crippen molar-refractivity contribution in [1.82, 2.24) is 15.1 Å². The van der Waals surface area contributed by atoms with Gasteiger partial charge in [-0.05, 0) is 26.4 Å². The zero-order valence-electron chi connectivity index (χ0n) is 10.8. The van der Waals surface area contributed by atoms with E-state index in [9.17, 15) is 4.79 Å².